The Balaban J connectivity index is 0.000000271. The van der Waals surface area contributed by atoms with Crippen molar-refractivity contribution in [3.8, 4) is 0 Å². The highest BCUT2D eigenvalue weighted by Gasteiger charge is 2.36. The fourth-order valence-corrected chi connectivity index (χ4v) is 5.41. The fourth-order valence-electron chi connectivity index (χ4n) is 3.55. The summed E-state index contributed by atoms with van der Waals surface area (Å²) in [6.07, 6.45) is -0.550. The lowest BCUT2D eigenvalue weighted by Crippen LogP contribution is -2.42. The first-order chi connectivity index (χ1) is 17.2. The summed E-state index contributed by atoms with van der Waals surface area (Å²) in [6, 6.07) is 15.4. The smallest absolute Gasteiger partial charge is 0.377 e. The topological polar surface area (TPSA) is 89.8 Å². The Kier molecular flexibility index (Phi) is 11.9. The standard InChI is InChI=1S/C16H13ClN2O2.C10H22O4Si/c1-19-13-8-7-11(17)9-12(13)14(18-15(20)16(19)21)10-5-3-2-4-6-10;1-10(2)9-14-7-6-8-15(11-3,12-4)13-5/h2-9,15,20H,1H3;1,6-9H2,2-5H3. The van der Waals surface area contributed by atoms with Gasteiger partial charge < -0.3 is 28.0 Å². The van der Waals surface area contributed by atoms with Crippen LogP contribution in [-0.2, 0) is 22.8 Å². The number of hydrogen-bond donors (Lipinski definition) is 1. The van der Waals surface area contributed by atoms with Crippen LogP contribution in [0.25, 0.3) is 0 Å². The number of amides is 1. The molecule has 0 aromatic heterocycles. The largest absolute Gasteiger partial charge is 0.500 e. The maximum atomic E-state index is 12.1. The number of benzene rings is 2. The highest BCUT2D eigenvalue weighted by molar-refractivity contribution is 6.60. The minimum Gasteiger partial charge on any atom is -0.377 e. The summed E-state index contributed by atoms with van der Waals surface area (Å²) in [6.45, 7) is 6.99. The van der Waals surface area contributed by atoms with Gasteiger partial charge in [-0.05, 0) is 31.5 Å². The molecule has 1 amide bonds. The number of ether oxygens (including phenoxy) is 1. The average Bonchev–Trinajstić information content (AvgIpc) is 2.97. The molecule has 0 bridgehead atoms. The number of likely N-dealkylation sites (N-methyl/N-ethyl adjacent to an activating group) is 1. The molecule has 36 heavy (non-hydrogen) atoms. The molecule has 1 atom stereocenters. The molecule has 8 nitrogen and oxygen atoms in total. The van der Waals surface area contributed by atoms with Crippen LogP contribution in [0.15, 0.2) is 65.7 Å². The zero-order chi connectivity index (χ0) is 26.7. The van der Waals surface area contributed by atoms with E-state index in [9.17, 15) is 9.90 Å². The van der Waals surface area contributed by atoms with Gasteiger partial charge >= 0.3 is 8.80 Å². The summed E-state index contributed by atoms with van der Waals surface area (Å²) in [7, 11) is 4.07. The van der Waals surface area contributed by atoms with Crippen LogP contribution in [-0.4, -0.2) is 73.3 Å². The second-order valence-corrected chi connectivity index (χ2v) is 11.7. The van der Waals surface area contributed by atoms with E-state index in [1.54, 1.807) is 46.6 Å². The van der Waals surface area contributed by atoms with Gasteiger partial charge in [0, 0.05) is 57.2 Å². The molecule has 3 rings (SSSR count). The molecule has 0 fully saturated rings. The average molecular weight is 535 g/mol. The summed E-state index contributed by atoms with van der Waals surface area (Å²) in [5.41, 5.74) is 3.80. The fraction of sp³-hybridized carbons (Fsp3) is 0.385. The molecule has 1 aliphatic heterocycles. The Morgan fingerprint density at radius 2 is 1.78 bits per heavy atom. The summed E-state index contributed by atoms with van der Waals surface area (Å²) in [4.78, 5) is 17.7. The predicted molar refractivity (Wildman–Crippen MR) is 145 cm³/mol. The zero-order valence-corrected chi connectivity index (χ0v) is 23.2. The van der Waals surface area contributed by atoms with Crippen molar-refractivity contribution in [2.75, 3.05) is 46.5 Å². The summed E-state index contributed by atoms with van der Waals surface area (Å²) < 4.78 is 21.2. The van der Waals surface area contributed by atoms with Crippen LogP contribution in [0.4, 0.5) is 5.69 Å². The summed E-state index contributed by atoms with van der Waals surface area (Å²) in [5, 5.41) is 10.5. The molecule has 1 unspecified atom stereocenters. The number of carbonyl (C=O) groups is 1. The van der Waals surface area contributed by atoms with Gasteiger partial charge in [0.05, 0.1) is 18.0 Å². The number of aliphatic hydroxyl groups is 1. The molecule has 0 spiro atoms. The Bertz CT molecular complexity index is 1040. The summed E-state index contributed by atoms with van der Waals surface area (Å²) in [5.74, 6) is -0.468. The molecule has 2 aromatic carbocycles. The SMILES string of the molecule is C=C(C)COCCC[Si](OC)(OC)OC.CN1C(=O)C(O)N=C(c2ccccc2)c2cc(Cl)ccc21. The number of aliphatic imine (C=N–C) groups is 1. The molecule has 0 saturated carbocycles. The third-order valence-electron chi connectivity index (χ3n) is 5.48. The van der Waals surface area contributed by atoms with E-state index in [1.165, 1.54) is 4.90 Å². The number of rotatable bonds is 10. The highest BCUT2D eigenvalue weighted by Crippen LogP contribution is 2.29. The second kappa shape index (κ2) is 14.4. The number of carbonyl (C=O) groups excluding carboxylic acids is 1. The molecule has 2 aromatic rings. The molecule has 0 radical (unpaired) electrons. The Morgan fingerprint density at radius 1 is 1.14 bits per heavy atom. The molecule has 1 N–H and O–H groups in total. The van der Waals surface area contributed by atoms with E-state index in [2.05, 4.69) is 11.6 Å². The number of aliphatic hydroxyl groups excluding tert-OH is 1. The van der Waals surface area contributed by atoms with E-state index >= 15 is 0 Å². The number of halogens is 1. The first-order valence-electron chi connectivity index (χ1n) is 11.4. The van der Waals surface area contributed by atoms with Gasteiger partial charge in [-0.15, -0.1) is 0 Å². The van der Waals surface area contributed by atoms with Crippen LogP contribution in [0.5, 0.6) is 0 Å². The highest BCUT2D eigenvalue weighted by atomic mass is 35.5. The molecule has 196 valence electrons. The molecule has 10 heteroatoms. The third kappa shape index (κ3) is 8.07. The minimum atomic E-state index is -2.40. The normalized spacial score (nSPS) is 15.4. The first-order valence-corrected chi connectivity index (χ1v) is 13.7. The van der Waals surface area contributed by atoms with Crippen molar-refractivity contribution >= 4 is 37.7 Å². The van der Waals surface area contributed by atoms with Crippen LogP contribution in [0.2, 0.25) is 11.1 Å². The van der Waals surface area contributed by atoms with Gasteiger partial charge in [-0.25, -0.2) is 4.99 Å². The molecule has 0 saturated heterocycles. The van der Waals surface area contributed by atoms with Crippen LogP contribution < -0.4 is 4.90 Å². The van der Waals surface area contributed by atoms with Gasteiger partial charge in [-0.1, -0.05) is 54.1 Å². The van der Waals surface area contributed by atoms with Crippen LogP contribution in [0, 0.1) is 0 Å². The van der Waals surface area contributed by atoms with E-state index in [0.717, 1.165) is 29.2 Å². The van der Waals surface area contributed by atoms with Crippen molar-refractivity contribution in [3.05, 3.63) is 76.8 Å². The van der Waals surface area contributed by atoms with Gasteiger partial charge in [0.15, 0.2) is 0 Å². The number of benzodiazepines with no additional fused rings is 1. The number of fused-ring (bicyclic) bond motifs is 1. The monoisotopic (exact) mass is 534 g/mol. The van der Waals surface area contributed by atoms with Crippen molar-refractivity contribution in [2.45, 2.75) is 25.6 Å². The van der Waals surface area contributed by atoms with E-state index in [4.69, 9.17) is 29.6 Å². The first kappa shape index (κ1) is 29.9. The predicted octanol–water partition coefficient (Wildman–Crippen LogP) is 4.32. The van der Waals surface area contributed by atoms with Crippen LogP contribution in [0.3, 0.4) is 0 Å². The molecule has 1 aliphatic rings. The quantitative estimate of drug-likeness (QED) is 0.277. The number of hydrogen-bond acceptors (Lipinski definition) is 7. The van der Waals surface area contributed by atoms with Gasteiger partial charge in [-0.3, -0.25) is 4.79 Å². The van der Waals surface area contributed by atoms with E-state index in [1.807, 2.05) is 37.3 Å². The Hall–Kier alpha value is -2.37. The summed E-state index contributed by atoms with van der Waals surface area (Å²) >= 11 is 6.08. The van der Waals surface area contributed by atoms with Crippen molar-refractivity contribution in [1.29, 1.82) is 0 Å². The molecule has 0 aliphatic carbocycles. The molecular weight excluding hydrogens is 500 g/mol. The van der Waals surface area contributed by atoms with Crippen molar-refractivity contribution in [3.63, 3.8) is 0 Å². The van der Waals surface area contributed by atoms with Gasteiger partial charge in [0.2, 0.25) is 6.23 Å². The molecule has 1 heterocycles. The zero-order valence-electron chi connectivity index (χ0n) is 21.5. The van der Waals surface area contributed by atoms with E-state index in [-0.39, 0.29) is 0 Å². The van der Waals surface area contributed by atoms with Gasteiger partial charge in [-0.2, -0.15) is 0 Å². The van der Waals surface area contributed by atoms with Gasteiger partial charge in [0.1, 0.15) is 0 Å². The lowest BCUT2D eigenvalue weighted by atomic mass is 10.0. The third-order valence-corrected chi connectivity index (χ3v) is 8.55. The van der Waals surface area contributed by atoms with Crippen LogP contribution in [0.1, 0.15) is 24.5 Å². The Morgan fingerprint density at radius 3 is 2.36 bits per heavy atom. The maximum absolute atomic E-state index is 12.1. The van der Waals surface area contributed by atoms with Crippen LogP contribution >= 0.6 is 11.6 Å². The lowest BCUT2D eigenvalue weighted by Gasteiger charge is -2.24. The number of anilines is 1. The van der Waals surface area contributed by atoms with E-state index in [0.29, 0.717) is 29.6 Å². The van der Waals surface area contributed by atoms with Crippen molar-refractivity contribution in [1.82, 2.24) is 0 Å². The van der Waals surface area contributed by atoms with Crippen molar-refractivity contribution < 1.29 is 27.9 Å². The Labute approximate surface area is 219 Å². The maximum Gasteiger partial charge on any atom is 0.500 e. The minimum absolute atomic E-state index is 0.468. The van der Waals surface area contributed by atoms with Gasteiger partial charge in [0.25, 0.3) is 5.91 Å². The lowest BCUT2D eigenvalue weighted by molar-refractivity contribution is -0.125. The van der Waals surface area contributed by atoms with Crippen molar-refractivity contribution in [2.24, 2.45) is 4.99 Å². The second-order valence-electron chi connectivity index (χ2n) is 8.18. The number of nitrogens with zero attached hydrogens (tertiary/aromatic N) is 2. The van der Waals surface area contributed by atoms with E-state index < -0.39 is 20.9 Å². The molecular formula is C26H35ClN2O6Si.